The summed E-state index contributed by atoms with van der Waals surface area (Å²) in [7, 11) is 0. The van der Waals surface area contributed by atoms with Gasteiger partial charge in [0.25, 0.3) is 5.91 Å². The maximum absolute atomic E-state index is 12.4. The second-order valence-electron chi connectivity index (χ2n) is 5.23. The van der Waals surface area contributed by atoms with Gasteiger partial charge in [0.15, 0.2) is 0 Å². The molecule has 1 aromatic rings. The average molecular weight is 266 g/mol. The number of rotatable bonds is 1. The van der Waals surface area contributed by atoms with E-state index < -0.39 is 0 Å². The van der Waals surface area contributed by atoms with E-state index in [2.05, 4.69) is 4.98 Å². The smallest absolute Gasteiger partial charge is 0.274 e. The van der Waals surface area contributed by atoms with Crippen LogP contribution in [0.3, 0.4) is 0 Å². The Labute approximate surface area is 111 Å². The molecule has 1 aliphatic heterocycles. The topological polar surface area (TPSA) is 59.2 Å². The number of amides is 1. The molecule has 1 amide bonds. The van der Waals surface area contributed by atoms with Crippen molar-refractivity contribution in [3.63, 3.8) is 0 Å². The molecule has 4 nitrogen and oxygen atoms in total. The molecule has 2 heterocycles. The van der Waals surface area contributed by atoms with Gasteiger partial charge in [0.05, 0.1) is 5.02 Å². The number of hydrogen-bond acceptors (Lipinski definition) is 3. The van der Waals surface area contributed by atoms with Crippen molar-refractivity contribution in [2.75, 3.05) is 18.8 Å². The Balaban J connectivity index is 1.81. The molecule has 2 N–H and O–H groups in total. The Hall–Kier alpha value is -1.29. The van der Waals surface area contributed by atoms with Crippen LogP contribution in [0, 0.1) is 11.8 Å². The summed E-state index contributed by atoms with van der Waals surface area (Å²) in [5.74, 6) is 1.60. The fourth-order valence-electron chi connectivity index (χ4n) is 3.16. The highest BCUT2D eigenvalue weighted by Crippen LogP contribution is 2.38. The summed E-state index contributed by atoms with van der Waals surface area (Å²) in [6.45, 7) is 1.69. The second-order valence-corrected chi connectivity index (χ2v) is 5.63. The molecule has 0 radical (unpaired) electrons. The van der Waals surface area contributed by atoms with Gasteiger partial charge in [-0.3, -0.25) is 4.79 Å². The van der Waals surface area contributed by atoms with Crippen LogP contribution in [0.15, 0.2) is 12.1 Å². The van der Waals surface area contributed by atoms with Crippen molar-refractivity contribution in [3.05, 3.63) is 22.8 Å². The molecule has 2 fully saturated rings. The third-order valence-electron chi connectivity index (χ3n) is 4.08. The number of carbonyl (C=O) groups is 1. The Morgan fingerprint density at radius 2 is 2.00 bits per heavy atom. The molecule has 1 saturated heterocycles. The molecule has 1 aromatic heterocycles. The number of nitrogens with zero attached hydrogens (tertiary/aromatic N) is 2. The van der Waals surface area contributed by atoms with Crippen molar-refractivity contribution in [2.45, 2.75) is 19.3 Å². The van der Waals surface area contributed by atoms with Crippen LogP contribution >= 0.6 is 11.6 Å². The van der Waals surface area contributed by atoms with Gasteiger partial charge in [-0.1, -0.05) is 18.0 Å². The minimum absolute atomic E-state index is 0.0818. The van der Waals surface area contributed by atoms with Crippen LogP contribution in [0.2, 0.25) is 5.02 Å². The van der Waals surface area contributed by atoms with Crippen LogP contribution in [-0.4, -0.2) is 28.9 Å². The van der Waals surface area contributed by atoms with Crippen LogP contribution in [0.5, 0.6) is 0 Å². The Morgan fingerprint density at radius 1 is 1.33 bits per heavy atom. The van der Waals surface area contributed by atoms with Crippen molar-refractivity contribution in [1.82, 2.24) is 9.88 Å². The monoisotopic (exact) mass is 265 g/mol. The van der Waals surface area contributed by atoms with Crippen molar-refractivity contribution in [2.24, 2.45) is 11.8 Å². The summed E-state index contributed by atoms with van der Waals surface area (Å²) in [5, 5.41) is 0.381. The van der Waals surface area contributed by atoms with E-state index >= 15 is 0 Å². The molecule has 1 saturated carbocycles. The summed E-state index contributed by atoms with van der Waals surface area (Å²) < 4.78 is 0. The molecule has 0 aromatic carbocycles. The van der Waals surface area contributed by atoms with Crippen molar-refractivity contribution in [1.29, 1.82) is 0 Å². The third-order valence-corrected chi connectivity index (χ3v) is 4.39. The number of pyridine rings is 1. The number of fused-ring (bicyclic) bond motifs is 1. The number of nitrogens with two attached hydrogens (primary N) is 1. The molecular formula is C13H16ClN3O. The summed E-state index contributed by atoms with van der Waals surface area (Å²) in [4.78, 5) is 18.3. The molecule has 96 valence electrons. The summed E-state index contributed by atoms with van der Waals surface area (Å²) in [6.07, 6.45) is 3.79. The molecule has 5 heteroatoms. The lowest BCUT2D eigenvalue weighted by atomic mass is 10.0. The molecule has 0 bridgehead atoms. The molecular weight excluding hydrogens is 250 g/mol. The SMILES string of the molecule is Nc1ccc(Cl)c(C(=O)N2CC3CCCC3C2)n1. The van der Waals surface area contributed by atoms with E-state index in [-0.39, 0.29) is 11.6 Å². The predicted octanol–water partition coefficient (Wildman–Crippen LogP) is 2.19. The number of nitrogen functional groups attached to an aromatic ring is 1. The summed E-state index contributed by atoms with van der Waals surface area (Å²) >= 11 is 6.02. The summed E-state index contributed by atoms with van der Waals surface area (Å²) in [6, 6.07) is 3.24. The normalized spacial score (nSPS) is 26.4. The van der Waals surface area contributed by atoms with Crippen LogP contribution in [0.25, 0.3) is 0 Å². The van der Waals surface area contributed by atoms with E-state index in [4.69, 9.17) is 17.3 Å². The van der Waals surface area contributed by atoms with Gasteiger partial charge in [0.2, 0.25) is 0 Å². The van der Waals surface area contributed by atoms with E-state index in [0.29, 0.717) is 22.7 Å². The van der Waals surface area contributed by atoms with Crippen LogP contribution < -0.4 is 5.73 Å². The molecule has 2 atom stereocenters. The highest BCUT2D eigenvalue weighted by molar-refractivity contribution is 6.33. The van der Waals surface area contributed by atoms with Crippen molar-refractivity contribution >= 4 is 23.3 Å². The number of aromatic nitrogens is 1. The van der Waals surface area contributed by atoms with Gasteiger partial charge in [-0.15, -0.1) is 0 Å². The van der Waals surface area contributed by atoms with Gasteiger partial charge in [0, 0.05) is 13.1 Å². The third kappa shape index (κ3) is 1.94. The van der Waals surface area contributed by atoms with Crippen LogP contribution in [0.1, 0.15) is 29.8 Å². The quantitative estimate of drug-likeness (QED) is 0.847. The minimum atomic E-state index is -0.0818. The lowest BCUT2D eigenvalue weighted by molar-refractivity contribution is 0.0775. The fourth-order valence-corrected chi connectivity index (χ4v) is 3.34. The highest BCUT2D eigenvalue weighted by atomic mass is 35.5. The fraction of sp³-hybridized carbons (Fsp3) is 0.538. The average Bonchev–Trinajstić information content (AvgIpc) is 2.91. The standard InChI is InChI=1S/C13H16ClN3O/c14-10-4-5-11(15)16-12(10)13(18)17-6-8-2-1-3-9(8)7-17/h4-5,8-9H,1-3,6-7H2,(H2,15,16). The van der Waals surface area contributed by atoms with E-state index in [1.807, 2.05) is 4.90 Å². The Kier molecular flexibility index (Phi) is 2.90. The van der Waals surface area contributed by atoms with E-state index in [1.54, 1.807) is 12.1 Å². The molecule has 3 rings (SSSR count). The lowest BCUT2D eigenvalue weighted by Crippen LogP contribution is -2.30. The van der Waals surface area contributed by atoms with E-state index in [1.165, 1.54) is 19.3 Å². The first-order valence-electron chi connectivity index (χ1n) is 6.36. The number of anilines is 1. The zero-order valence-corrected chi connectivity index (χ0v) is 10.9. The first-order chi connectivity index (χ1) is 8.65. The molecule has 0 spiro atoms. The highest BCUT2D eigenvalue weighted by Gasteiger charge is 2.38. The lowest BCUT2D eigenvalue weighted by Gasteiger charge is -2.17. The van der Waals surface area contributed by atoms with E-state index in [9.17, 15) is 4.79 Å². The number of halogens is 1. The number of hydrogen-bond donors (Lipinski definition) is 1. The zero-order valence-electron chi connectivity index (χ0n) is 10.1. The first kappa shape index (κ1) is 11.8. The maximum Gasteiger partial charge on any atom is 0.274 e. The predicted molar refractivity (Wildman–Crippen MR) is 70.4 cm³/mol. The van der Waals surface area contributed by atoms with Gasteiger partial charge in [0.1, 0.15) is 11.5 Å². The first-order valence-corrected chi connectivity index (χ1v) is 6.74. The Morgan fingerprint density at radius 3 is 2.67 bits per heavy atom. The van der Waals surface area contributed by atoms with Gasteiger partial charge >= 0.3 is 0 Å². The molecule has 2 unspecified atom stereocenters. The zero-order chi connectivity index (χ0) is 12.7. The number of likely N-dealkylation sites (tertiary alicyclic amines) is 1. The largest absolute Gasteiger partial charge is 0.384 e. The van der Waals surface area contributed by atoms with Crippen molar-refractivity contribution < 1.29 is 4.79 Å². The molecule has 18 heavy (non-hydrogen) atoms. The van der Waals surface area contributed by atoms with Gasteiger partial charge in [-0.25, -0.2) is 4.98 Å². The van der Waals surface area contributed by atoms with E-state index in [0.717, 1.165) is 13.1 Å². The van der Waals surface area contributed by atoms with Gasteiger partial charge in [-0.05, 0) is 36.8 Å². The Bertz CT molecular complexity index is 479. The summed E-state index contributed by atoms with van der Waals surface area (Å²) in [5.41, 5.74) is 5.90. The van der Waals surface area contributed by atoms with Gasteiger partial charge < -0.3 is 10.6 Å². The van der Waals surface area contributed by atoms with Crippen molar-refractivity contribution in [3.8, 4) is 0 Å². The number of carbonyl (C=O) groups excluding carboxylic acids is 1. The minimum Gasteiger partial charge on any atom is -0.384 e. The van der Waals surface area contributed by atoms with Crippen LogP contribution in [0.4, 0.5) is 5.82 Å². The van der Waals surface area contributed by atoms with Crippen LogP contribution in [-0.2, 0) is 0 Å². The second kappa shape index (κ2) is 4.43. The maximum atomic E-state index is 12.4. The molecule has 2 aliphatic rings. The van der Waals surface area contributed by atoms with Gasteiger partial charge in [-0.2, -0.15) is 0 Å². The molecule has 1 aliphatic carbocycles.